The first kappa shape index (κ1) is 21.8. The third-order valence-electron chi connectivity index (χ3n) is 5.61. The van der Waals surface area contributed by atoms with Gasteiger partial charge in [-0.15, -0.1) is 0 Å². The molecule has 0 atom stereocenters. The standard InChI is InChI=1S/C25H17BrIN3O3/c1-29-22-10-3-14(26)11-18(22)19(24(29)31)13-23-28-21-9-4-15(27)12-20(21)25(32)30(23)16-5-7-17(33-2)8-6-16/h3-13H,1-2H3/b19-13-. The molecule has 0 spiro atoms. The smallest absolute Gasteiger partial charge is 0.266 e. The maximum atomic E-state index is 13.6. The number of nitrogens with zero attached hydrogens (tertiary/aromatic N) is 3. The third-order valence-corrected chi connectivity index (χ3v) is 6.77. The Morgan fingerprint density at radius 1 is 1.03 bits per heavy atom. The molecule has 0 N–H and O–H groups in total. The maximum Gasteiger partial charge on any atom is 0.266 e. The van der Waals surface area contributed by atoms with E-state index < -0.39 is 0 Å². The van der Waals surface area contributed by atoms with E-state index in [2.05, 4.69) is 38.5 Å². The highest BCUT2D eigenvalue weighted by Crippen LogP contribution is 2.38. The highest BCUT2D eigenvalue weighted by molar-refractivity contribution is 14.1. The van der Waals surface area contributed by atoms with Gasteiger partial charge in [-0.25, -0.2) is 4.98 Å². The van der Waals surface area contributed by atoms with E-state index in [1.54, 1.807) is 49.4 Å². The van der Waals surface area contributed by atoms with Gasteiger partial charge >= 0.3 is 0 Å². The van der Waals surface area contributed by atoms with Crippen molar-refractivity contribution in [2.75, 3.05) is 19.1 Å². The monoisotopic (exact) mass is 613 g/mol. The van der Waals surface area contributed by atoms with Crippen LogP contribution in [0.15, 0.2) is 69.9 Å². The Bertz CT molecular complexity index is 1530. The number of carbonyl (C=O) groups is 1. The summed E-state index contributed by atoms with van der Waals surface area (Å²) in [5, 5.41) is 0.512. The number of hydrogen-bond donors (Lipinski definition) is 0. The van der Waals surface area contributed by atoms with Crippen molar-refractivity contribution in [3.63, 3.8) is 0 Å². The molecular formula is C25H17BrIN3O3. The van der Waals surface area contributed by atoms with Crippen LogP contribution in [0.4, 0.5) is 5.69 Å². The molecule has 1 aliphatic rings. The highest BCUT2D eigenvalue weighted by atomic mass is 127. The van der Waals surface area contributed by atoms with Crippen LogP contribution in [0.3, 0.4) is 0 Å². The molecule has 6 nitrogen and oxygen atoms in total. The predicted octanol–water partition coefficient (Wildman–Crippen LogP) is 5.28. The van der Waals surface area contributed by atoms with E-state index in [1.165, 1.54) is 4.57 Å². The molecule has 3 aromatic carbocycles. The summed E-state index contributed by atoms with van der Waals surface area (Å²) < 4.78 is 8.61. The Kier molecular flexibility index (Phi) is 5.57. The fourth-order valence-electron chi connectivity index (χ4n) is 3.94. The number of aromatic nitrogens is 2. The van der Waals surface area contributed by atoms with Crippen molar-refractivity contribution in [3.8, 4) is 11.4 Å². The summed E-state index contributed by atoms with van der Waals surface area (Å²) in [5.41, 5.74) is 3.08. The summed E-state index contributed by atoms with van der Waals surface area (Å²) in [6, 6.07) is 18.4. The molecule has 0 aliphatic carbocycles. The van der Waals surface area contributed by atoms with Gasteiger partial charge in [0.2, 0.25) is 0 Å². The van der Waals surface area contributed by atoms with Gasteiger partial charge in [0.15, 0.2) is 0 Å². The molecule has 0 saturated heterocycles. The largest absolute Gasteiger partial charge is 0.497 e. The summed E-state index contributed by atoms with van der Waals surface area (Å²) in [6.45, 7) is 0. The molecule has 0 bridgehead atoms. The lowest BCUT2D eigenvalue weighted by molar-refractivity contribution is -0.112. The third kappa shape index (κ3) is 3.76. The molecule has 0 fully saturated rings. The predicted molar refractivity (Wildman–Crippen MR) is 142 cm³/mol. The number of rotatable bonds is 3. The zero-order valence-electron chi connectivity index (χ0n) is 17.7. The van der Waals surface area contributed by atoms with E-state index in [-0.39, 0.29) is 11.5 Å². The van der Waals surface area contributed by atoms with Crippen molar-refractivity contribution in [3.05, 3.63) is 90.4 Å². The number of ether oxygens (including phenoxy) is 1. The second-order valence-electron chi connectivity index (χ2n) is 7.55. The van der Waals surface area contributed by atoms with E-state index in [1.807, 2.05) is 36.4 Å². The van der Waals surface area contributed by atoms with Gasteiger partial charge in [-0.3, -0.25) is 14.2 Å². The minimum absolute atomic E-state index is 0.152. The quantitative estimate of drug-likeness (QED) is 0.233. The minimum Gasteiger partial charge on any atom is -0.497 e. The summed E-state index contributed by atoms with van der Waals surface area (Å²) >= 11 is 5.67. The number of anilines is 1. The fourth-order valence-corrected chi connectivity index (χ4v) is 4.80. The van der Waals surface area contributed by atoms with E-state index >= 15 is 0 Å². The minimum atomic E-state index is -0.205. The van der Waals surface area contributed by atoms with Gasteiger partial charge in [0.25, 0.3) is 11.5 Å². The molecule has 0 saturated carbocycles. The maximum absolute atomic E-state index is 13.6. The van der Waals surface area contributed by atoms with Crippen molar-refractivity contribution >= 4 is 72.7 Å². The van der Waals surface area contributed by atoms with Gasteiger partial charge in [-0.1, -0.05) is 15.9 Å². The lowest BCUT2D eigenvalue weighted by Crippen LogP contribution is -2.23. The molecule has 0 radical (unpaired) electrons. The molecule has 33 heavy (non-hydrogen) atoms. The van der Waals surface area contributed by atoms with Gasteiger partial charge < -0.3 is 9.64 Å². The zero-order valence-corrected chi connectivity index (χ0v) is 21.4. The Labute approximate surface area is 211 Å². The number of methoxy groups -OCH3 is 1. The molecule has 164 valence electrons. The number of fused-ring (bicyclic) bond motifs is 2. The summed E-state index contributed by atoms with van der Waals surface area (Å²) in [5.74, 6) is 0.908. The molecule has 0 unspecified atom stereocenters. The van der Waals surface area contributed by atoms with E-state index in [4.69, 9.17) is 9.72 Å². The van der Waals surface area contributed by atoms with Crippen LogP contribution < -0.4 is 15.2 Å². The lowest BCUT2D eigenvalue weighted by atomic mass is 10.1. The van der Waals surface area contributed by atoms with Crippen LogP contribution in [0.25, 0.3) is 28.2 Å². The highest BCUT2D eigenvalue weighted by Gasteiger charge is 2.30. The molecule has 2 heterocycles. The molecule has 5 rings (SSSR count). The van der Waals surface area contributed by atoms with Crippen LogP contribution in [0, 0.1) is 3.57 Å². The Balaban J connectivity index is 1.81. The lowest BCUT2D eigenvalue weighted by Gasteiger charge is -2.13. The van der Waals surface area contributed by atoms with Crippen molar-refractivity contribution < 1.29 is 9.53 Å². The van der Waals surface area contributed by atoms with Crippen LogP contribution in [0.2, 0.25) is 0 Å². The molecule has 8 heteroatoms. The number of hydrogen-bond acceptors (Lipinski definition) is 4. The Morgan fingerprint density at radius 2 is 1.79 bits per heavy atom. The van der Waals surface area contributed by atoms with Gasteiger partial charge in [0.05, 0.1) is 35.0 Å². The van der Waals surface area contributed by atoms with Gasteiger partial charge in [0, 0.05) is 20.7 Å². The average Bonchev–Trinajstić information content (AvgIpc) is 3.04. The number of amides is 1. The van der Waals surface area contributed by atoms with Crippen molar-refractivity contribution in [2.24, 2.45) is 0 Å². The van der Waals surface area contributed by atoms with Crippen molar-refractivity contribution in [1.29, 1.82) is 0 Å². The first-order chi connectivity index (χ1) is 15.9. The van der Waals surface area contributed by atoms with Gasteiger partial charge in [-0.05, 0) is 89.3 Å². The van der Waals surface area contributed by atoms with Crippen LogP contribution >= 0.6 is 38.5 Å². The number of benzene rings is 3. The Morgan fingerprint density at radius 3 is 2.52 bits per heavy atom. The molecule has 1 aliphatic heterocycles. The normalized spacial score (nSPS) is 14.2. The number of carbonyl (C=O) groups excluding carboxylic acids is 1. The van der Waals surface area contributed by atoms with Gasteiger partial charge in [-0.2, -0.15) is 0 Å². The molecule has 1 amide bonds. The van der Waals surface area contributed by atoms with Crippen LogP contribution in [0.1, 0.15) is 11.4 Å². The first-order valence-electron chi connectivity index (χ1n) is 10.0. The fraction of sp³-hybridized carbons (Fsp3) is 0.0800. The van der Waals surface area contributed by atoms with Gasteiger partial charge in [0.1, 0.15) is 11.6 Å². The van der Waals surface area contributed by atoms with Crippen molar-refractivity contribution in [2.45, 2.75) is 0 Å². The molecule has 1 aromatic heterocycles. The first-order valence-corrected chi connectivity index (χ1v) is 11.9. The van der Waals surface area contributed by atoms with Crippen molar-refractivity contribution in [1.82, 2.24) is 9.55 Å². The van der Waals surface area contributed by atoms with E-state index in [0.717, 1.165) is 19.3 Å². The summed E-state index contributed by atoms with van der Waals surface area (Å²) in [6.07, 6.45) is 1.69. The van der Waals surface area contributed by atoms with Crippen LogP contribution in [-0.2, 0) is 4.79 Å². The Hall–Kier alpha value is -2.98. The number of likely N-dealkylation sites (N-methyl/N-ethyl adjacent to an activating group) is 1. The SMILES string of the molecule is COc1ccc(-n2c(/C=C3\C(=O)N(C)c4ccc(Br)cc43)nc3ccc(I)cc3c2=O)cc1. The zero-order chi connectivity index (χ0) is 23.3. The average molecular weight is 614 g/mol. The van der Waals surface area contributed by atoms with Crippen LogP contribution in [-0.4, -0.2) is 29.6 Å². The van der Waals surface area contributed by atoms with E-state index in [9.17, 15) is 9.59 Å². The topological polar surface area (TPSA) is 64.4 Å². The second kappa shape index (κ2) is 8.42. The summed E-state index contributed by atoms with van der Waals surface area (Å²) in [4.78, 5) is 33.1. The number of halogens is 2. The summed E-state index contributed by atoms with van der Waals surface area (Å²) in [7, 11) is 3.33. The second-order valence-corrected chi connectivity index (χ2v) is 9.72. The molecular weight excluding hydrogens is 597 g/mol. The molecule has 4 aromatic rings. The van der Waals surface area contributed by atoms with Crippen LogP contribution in [0.5, 0.6) is 5.75 Å². The van der Waals surface area contributed by atoms with E-state index in [0.29, 0.717) is 33.7 Å².